The first-order chi connectivity index (χ1) is 11.1. The molecule has 118 valence electrons. The van der Waals surface area contributed by atoms with Crippen LogP contribution in [0, 0.1) is 11.7 Å². The standard InChI is InChI=1S/C18H13BrCl2FN/c19-9-7-13-10-3-1-4-11(10)17(23-18(13)15(22)8-9)12-5-2-6-14(20)16(12)21/h1-3,5-8,10-11,17,23H,4H2/t10-,11-,17+/m1/s1. The van der Waals surface area contributed by atoms with Gasteiger partial charge in [-0.15, -0.1) is 0 Å². The van der Waals surface area contributed by atoms with Gasteiger partial charge in [0.1, 0.15) is 5.82 Å². The molecule has 1 aliphatic heterocycles. The second-order valence-corrected chi connectivity index (χ2v) is 7.67. The minimum Gasteiger partial charge on any atom is -0.375 e. The normalized spacial score (nSPS) is 25.0. The third kappa shape index (κ3) is 2.50. The molecule has 2 aliphatic rings. The SMILES string of the molecule is Fc1cc(Br)cc2c1N[C@H](c1cccc(Cl)c1Cl)[C@@H]1CC=C[C@@H]21. The summed E-state index contributed by atoms with van der Waals surface area (Å²) in [5.41, 5.74) is 2.47. The number of allylic oxidation sites excluding steroid dienone is 2. The molecule has 1 nitrogen and oxygen atoms in total. The van der Waals surface area contributed by atoms with Crippen LogP contribution in [0.1, 0.15) is 29.5 Å². The molecule has 2 aromatic rings. The summed E-state index contributed by atoms with van der Waals surface area (Å²) in [5.74, 6) is 0.224. The second kappa shape index (κ2) is 5.80. The molecule has 23 heavy (non-hydrogen) atoms. The largest absolute Gasteiger partial charge is 0.375 e. The monoisotopic (exact) mass is 411 g/mol. The van der Waals surface area contributed by atoms with E-state index in [9.17, 15) is 4.39 Å². The molecule has 1 heterocycles. The average molecular weight is 413 g/mol. The molecule has 0 fully saturated rings. The maximum absolute atomic E-state index is 14.5. The van der Waals surface area contributed by atoms with Gasteiger partial charge in [-0.1, -0.05) is 63.4 Å². The van der Waals surface area contributed by atoms with E-state index in [1.165, 1.54) is 6.07 Å². The lowest BCUT2D eigenvalue weighted by atomic mass is 9.77. The summed E-state index contributed by atoms with van der Waals surface area (Å²) in [5, 5.41) is 4.43. The molecule has 3 atom stereocenters. The molecule has 1 N–H and O–H groups in total. The second-order valence-electron chi connectivity index (χ2n) is 5.97. The van der Waals surface area contributed by atoms with Gasteiger partial charge in [0.2, 0.25) is 0 Å². The van der Waals surface area contributed by atoms with Crippen LogP contribution in [0.3, 0.4) is 0 Å². The van der Waals surface area contributed by atoms with E-state index < -0.39 is 0 Å². The first kappa shape index (κ1) is 15.5. The highest BCUT2D eigenvalue weighted by Gasteiger charge is 2.40. The van der Waals surface area contributed by atoms with Crippen molar-refractivity contribution in [1.29, 1.82) is 0 Å². The van der Waals surface area contributed by atoms with E-state index in [2.05, 4.69) is 33.4 Å². The van der Waals surface area contributed by atoms with Crippen LogP contribution in [-0.2, 0) is 0 Å². The minimum atomic E-state index is -0.253. The molecule has 5 heteroatoms. The van der Waals surface area contributed by atoms with Gasteiger partial charge in [-0.05, 0) is 41.7 Å². The molecular weight excluding hydrogens is 400 g/mol. The number of hydrogen-bond donors (Lipinski definition) is 1. The summed E-state index contributed by atoms with van der Waals surface area (Å²) >= 11 is 16.0. The molecule has 1 aliphatic carbocycles. The van der Waals surface area contributed by atoms with Crippen LogP contribution in [-0.4, -0.2) is 0 Å². The van der Waals surface area contributed by atoms with Crippen molar-refractivity contribution in [1.82, 2.24) is 0 Å². The van der Waals surface area contributed by atoms with E-state index in [1.54, 1.807) is 6.07 Å². The lowest BCUT2D eigenvalue weighted by molar-refractivity contribution is 0.420. The number of fused-ring (bicyclic) bond motifs is 3. The van der Waals surface area contributed by atoms with Crippen molar-refractivity contribution in [3.05, 3.63) is 73.9 Å². The van der Waals surface area contributed by atoms with Crippen molar-refractivity contribution in [3.8, 4) is 0 Å². The Morgan fingerprint density at radius 1 is 1.17 bits per heavy atom. The summed E-state index contributed by atoms with van der Waals surface area (Å²) < 4.78 is 15.2. The van der Waals surface area contributed by atoms with Crippen molar-refractivity contribution < 1.29 is 4.39 Å². The molecule has 0 spiro atoms. The van der Waals surface area contributed by atoms with E-state index in [4.69, 9.17) is 23.2 Å². The van der Waals surface area contributed by atoms with Crippen LogP contribution in [0.25, 0.3) is 0 Å². The Bertz CT molecular complexity index is 821. The van der Waals surface area contributed by atoms with Crippen LogP contribution in [0.15, 0.2) is 47.0 Å². The first-order valence-electron chi connectivity index (χ1n) is 7.42. The zero-order valence-electron chi connectivity index (χ0n) is 12.0. The van der Waals surface area contributed by atoms with Crippen LogP contribution >= 0.6 is 39.1 Å². The van der Waals surface area contributed by atoms with Gasteiger partial charge < -0.3 is 5.32 Å². The smallest absolute Gasteiger partial charge is 0.147 e. The summed E-state index contributed by atoms with van der Waals surface area (Å²) in [7, 11) is 0. The lowest BCUT2D eigenvalue weighted by Gasteiger charge is -2.38. The third-order valence-electron chi connectivity index (χ3n) is 4.70. The summed E-state index contributed by atoms with van der Waals surface area (Å²) in [6, 6.07) is 9.03. The van der Waals surface area contributed by atoms with E-state index in [0.717, 1.165) is 22.0 Å². The molecule has 0 saturated heterocycles. The average Bonchev–Trinajstić information content (AvgIpc) is 3.00. The topological polar surface area (TPSA) is 12.0 Å². The number of rotatable bonds is 1. The fourth-order valence-corrected chi connectivity index (χ4v) is 4.56. The number of nitrogens with one attached hydrogen (secondary N) is 1. The van der Waals surface area contributed by atoms with E-state index >= 15 is 0 Å². The molecule has 0 aromatic heterocycles. The Kier molecular flexibility index (Phi) is 3.91. The summed E-state index contributed by atoms with van der Waals surface area (Å²) in [6.07, 6.45) is 5.26. The van der Waals surface area contributed by atoms with Crippen LogP contribution in [0.5, 0.6) is 0 Å². The van der Waals surface area contributed by atoms with Crippen LogP contribution < -0.4 is 5.32 Å². The summed E-state index contributed by atoms with van der Waals surface area (Å²) in [6.45, 7) is 0. The van der Waals surface area contributed by atoms with E-state index in [0.29, 0.717) is 21.7 Å². The van der Waals surface area contributed by atoms with Gasteiger partial charge in [-0.25, -0.2) is 4.39 Å². The third-order valence-corrected chi connectivity index (χ3v) is 5.99. The zero-order valence-corrected chi connectivity index (χ0v) is 15.1. The Morgan fingerprint density at radius 2 is 2.00 bits per heavy atom. The molecule has 4 rings (SSSR count). The fraction of sp³-hybridized carbons (Fsp3) is 0.222. The maximum atomic E-state index is 14.5. The Hall–Kier alpha value is -1.03. The molecule has 0 unspecified atom stereocenters. The Morgan fingerprint density at radius 3 is 2.83 bits per heavy atom. The highest BCUT2D eigenvalue weighted by Crippen LogP contribution is 2.52. The van der Waals surface area contributed by atoms with Crippen molar-refractivity contribution in [2.45, 2.75) is 18.4 Å². The zero-order chi connectivity index (χ0) is 16.1. The maximum Gasteiger partial charge on any atom is 0.147 e. The number of anilines is 1. The highest BCUT2D eigenvalue weighted by molar-refractivity contribution is 9.10. The molecular formula is C18H13BrCl2FN. The van der Waals surface area contributed by atoms with Gasteiger partial charge in [-0.3, -0.25) is 0 Å². The van der Waals surface area contributed by atoms with Gasteiger partial charge in [0.25, 0.3) is 0 Å². The molecule has 0 amide bonds. The van der Waals surface area contributed by atoms with E-state index in [1.807, 2.05) is 18.2 Å². The number of halogens is 4. The van der Waals surface area contributed by atoms with Gasteiger partial charge in [0.15, 0.2) is 0 Å². The minimum absolute atomic E-state index is 0.0654. The molecule has 2 aromatic carbocycles. The lowest BCUT2D eigenvalue weighted by Crippen LogP contribution is -2.30. The Balaban J connectivity index is 1.86. The van der Waals surface area contributed by atoms with Crippen molar-refractivity contribution >= 4 is 44.8 Å². The van der Waals surface area contributed by atoms with Crippen LogP contribution in [0.4, 0.5) is 10.1 Å². The van der Waals surface area contributed by atoms with Crippen molar-refractivity contribution in [2.75, 3.05) is 5.32 Å². The number of hydrogen-bond acceptors (Lipinski definition) is 1. The molecule has 0 saturated carbocycles. The predicted octanol–water partition coefficient (Wildman–Crippen LogP) is 6.72. The Labute approximate surface area is 152 Å². The van der Waals surface area contributed by atoms with Gasteiger partial charge in [0.05, 0.1) is 21.8 Å². The highest BCUT2D eigenvalue weighted by atomic mass is 79.9. The van der Waals surface area contributed by atoms with Gasteiger partial charge >= 0.3 is 0 Å². The van der Waals surface area contributed by atoms with Crippen molar-refractivity contribution in [3.63, 3.8) is 0 Å². The van der Waals surface area contributed by atoms with Crippen molar-refractivity contribution in [2.24, 2.45) is 5.92 Å². The van der Waals surface area contributed by atoms with Gasteiger partial charge in [0, 0.05) is 10.4 Å². The quantitative estimate of drug-likeness (QED) is 0.512. The molecule has 0 bridgehead atoms. The fourth-order valence-electron chi connectivity index (χ4n) is 3.69. The van der Waals surface area contributed by atoms with E-state index in [-0.39, 0.29) is 17.8 Å². The first-order valence-corrected chi connectivity index (χ1v) is 8.97. The predicted molar refractivity (Wildman–Crippen MR) is 96.9 cm³/mol. The number of benzene rings is 2. The van der Waals surface area contributed by atoms with Crippen LogP contribution in [0.2, 0.25) is 10.0 Å². The summed E-state index contributed by atoms with van der Waals surface area (Å²) in [4.78, 5) is 0. The molecule has 0 radical (unpaired) electrons. The van der Waals surface area contributed by atoms with Gasteiger partial charge in [-0.2, -0.15) is 0 Å².